The maximum Gasteiger partial charge on any atom is 0.434 e. The zero-order chi connectivity index (χ0) is 52.4. The molecule has 2 aromatic carbocycles. The van der Waals surface area contributed by atoms with Crippen LogP contribution in [0.3, 0.4) is 0 Å². The van der Waals surface area contributed by atoms with Gasteiger partial charge >= 0.3 is 22.9 Å². The number of imidazole rings is 2. The number of oxazole rings is 2. The van der Waals surface area contributed by atoms with Crippen molar-refractivity contribution in [3.05, 3.63) is 137 Å². The Morgan fingerprint density at radius 3 is 1.77 bits per heavy atom. The van der Waals surface area contributed by atoms with Gasteiger partial charge in [-0.3, -0.25) is 23.9 Å². The van der Waals surface area contributed by atoms with Crippen molar-refractivity contribution in [1.29, 1.82) is 0 Å². The minimum Gasteiger partial charge on any atom is -0.486 e. The van der Waals surface area contributed by atoms with E-state index < -0.39 is 80.9 Å². The van der Waals surface area contributed by atoms with Gasteiger partial charge in [-0.25, -0.2) is 57.8 Å². The number of fused-ring (bicyclic) bond motifs is 2. The van der Waals surface area contributed by atoms with E-state index in [1.165, 1.54) is 50.1 Å². The molecule has 1 atom stereocenters. The van der Waals surface area contributed by atoms with Crippen LogP contribution >= 0.6 is 0 Å². The van der Waals surface area contributed by atoms with E-state index in [9.17, 15) is 67.2 Å². The molecule has 33 heteroatoms. The number of aromatic nitrogens is 7. The van der Waals surface area contributed by atoms with Crippen LogP contribution in [0.2, 0.25) is 0 Å². The first-order valence-electron chi connectivity index (χ1n) is 18.4. The molecule has 1 unspecified atom stereocenters. The molecule has 0 saturated carbocycles. The zero-order valence-electron chi connectivity index (χ0n) is 36.8. The van der Waals surface area contributed by atoms with E-state index >= 15 is 0 Å². The van der Waals surface area contributed by atoms with Gasteiger partial charge in [-0.2, -0.15) is 15.9 Å². The minimum absolute atomic E-state index is 0.0438. The molecule has 5 N–H and O–H groups in total. The molecule has 0 saturated heterocycles. The molecule has 0 radical (unpaired) electrons. The van der Waals surface area contributed by atoms with Gasteiger partial charge in [0.15, 0.2) is 29.8 Å². The number of aliphatic hydroxyl groups is 1. The highest BCUT2D eigenvalue weighted by Crippen LogP contribution is 2.13. The Labute approximate surface area is 388 Å². The molecule has 0 fully saturated rings. The molecular weight excluding hydrogens is 1010 g/mol. The van der Waals surface area contributed by atoms with Crippen LogP contribution in [0.15, 0.2) is 117 Å². The van der Waals surface area contributed by atoms with Crippen LogP contribution in [-0.2, 0) is 44.8 Å². The average Bonchev–Trinajstić information content (AvgIpc) is 3.99. The number of carbonyl (C=O) groups is 2. The third-order valence-electron chi connectivity index (χ3n) is 7.75. The molecular formula is C36H41N9O20S4. The Morgan fingerprint density at radius 1 is 0.725 bits per heavy atom. The maximum absolute atomic E-state index is 11.3. The molecule has 7 rings (SSSR count). The molecule has 1 amide bonds. The van der Waals surface area contributed by atoms with Crippen LogP contribution in [-0.4, -0.2) is 126 Å². The van der Waals surface area contributed by atoms with Crippen LogP contribution in [0, 0.1) is 0 Å². The molecule has 7 aromatic rings. The van der Waals surface area contributed by atoms with Gasteiger partial charge in [-0.05, 0) is 31.2 Å². The van der Waals surface area contributed by atoms with Crippen LogP contribution in [0.25, 0.3) is 22.1 Å². The lowest BCUT2D eigenvalue weighted by Crippen LogP contribution is -2.23. The van der Waals surface area contributed by atoms with Gasteiger partial charge in [0.1, 0.15) is 5.52 Å². The predicted octanol–water partition coefficient (Wildman–Crippen LogP) is -1.60. The van der Waals surface area contributed by atoms with Crippen LogP contribution in [0.4, 0.5) is 5.82 Å². The fourth-order valence-corrected chi connectivity index (χ4v) is 7.92. The topological polar surface area (TPSA) is 416 Å². The Balaban J connectivity index is 0.000000228. The standard InChI is InChI=1S/C9H11NO4.C8H8N2O3S.C8H7NO4S.C6H9N3O4S.C5H6N2O5S/c1-6(11)10-4-3-8(13)9(5-10)14-7(2)12;1-14(12,13)10-7-5-3-2-4-6(7)9-8(10)11;1-14(11,12)9-6-4-2-3-5-7(6)13-8(9)10;1-13-4-7-5-3-9(6(10)8-5)14(2,11)12;1-13(10,11)7-2-3(4(6)8)12-5(7)9/h3-5,7,12H,1-2H3;2-5H,1H3,(H,9,11);2-5H,1H3;3-4H,1-2H3,(H,8,10);2H,1H3,(H2,6,8). The Hall–Kier alpha value is -7.88. The van der Waals surface area contributed by atoms with Crippen molar-refractivity contribution in [1.82, 2.24) is 30.4 Å². The second-order valence-corrected chi connectivity index (χ2v) is 20.8. The van der Waals surface area contributed by atoms with Crippen molar-refractivity contribution in [2.24, 2.45) is 10.7 Å². The quantitative estimate of drug-likeness (QED) is 0.0719. The zero-order valence-corrected chi connectivity index (χ0v) is 40.0. The number of aliphatic imine (C=N–C) groups is 1. The van der Waals surface area contributed by atoms with E-state index in [0.717, 1.165) is 47.8 Å². The molecule has 5 heterocycles. The summed E-state index contributed by atoms with van der Waals surface area (Å²) < 4.78 is 110. The normalized spacial score (nSPS) is 12.0. The highest BCUT2D eigenvalue weighted by molar-refractivity contribution is 7.90. The van der Waals surface area contributed by atoms with Gasteiger partial charge < -0.3 is 34.1 Å². The number of aromatic amines is 2. The van der Waals surface area contributed by atoms with E-state index in [1.807, 2.05) is 0 Å². The molecule has 0 aliphatic heterocycles. The summed E-state index contributed by atoms with van der Waals surface area (Å²) >= 11 is 0. The largest absolute Gasteiger partial charge is 0.486 e. The number of nitrogens with two attached hydrogens (primary N) is 1. The number of benzene rings is 2. The van der Waals surface area contributed by atoms with Gasteiger partial charge in [-0.15, -0.1) is 0 Å². The number of carbonyl (C=O) groups excluding carboxylic acids is 2. The number of primary amides is 1. The molecule has 374 valence electrons. The van der Waals surface area contributed by atoms with Gasteiger partial charge in [0.05, 0.1) is 61.8 Å². The third-order valence-corrected chi connectivity index (χ3v) is 11.7. The SMILES string of the molecule is CC(=O)n1ccc(=O)c(OC(C)O)c1.COC=Nc1cn(S(C)(=O)=O)c(=O)[nH]1.CS(=O)(=O)n1c(=O)[nH]c2ccccc21.CS(=O)(=O)n1c(=O)oc2ccccc21.CS(=O)(=O)n1cc(C(N)=O)oc1=O. The number of nitrogens with one attached hydrogen (secondary N) is 2. The van der Waals surface area contributed by atoms with Crippen LogP contribution < -0.4 is 38.8 Å². The third kappa shape index (κ3) is 15.3. The summed E-state index contributed by atoms with van der Waals surface area (Å²) in [5, 5.41) is 8.90. The van der Waals surface area contributed by atoms with Gasteiger partial charge in [0.2, 0.25) is 57.2 Å². The van der Waals surface area contributed by atoms with Crippen molar-refractivity contribution in [3.63, 3.8) is 0 Å². The van der Waals surface area contributed by atoms with E-state index in [1.54, 1.807) is 42.5 Å². The monoisotopic (exact) mass is 1050 g/mol. The molecule has 0 bridgehead atoms. The number of nitrogens with zero attached hydrogens (tertiary/aromatic N) is 6. The lowest BCUT2D eigenvalue weighted by atomic mass is 10.3. The second-order valence-electron chi connectivity index (χ2n) is 13.4. The molecule has 69 heavy (non-hydrogen) atoms. The van der Waals surface area contributed by atoms with Crippen molar-refractivity contribution in [2.45, 2.75) is 20.1 Å². The number of rotatable bonds is 9. The minimum atomic E-state index is -3.74. The van der Waals surface area contributed by atoms with Crippen molar-refractivity contribution in [3.8, 4) is 5.75 Å². The molecule has 0 spiro atoms. The van der Waals surface area contributed by atoms with E-state index in [0.29, 0.717) is 23.0 Å². The summed E-state index contributed by atoms with van der Waals surface area (Å²) in [5.74, 6) is -3.69. The summed E-state index contributed by atoms with van der Waals surface area (Å²) in [4.78, 5) is 85.3. The maximum atomic E-state index is 11.3. The summed E-state index contributed by atoms with van der Waals surface area (Å²) in [6.07, 6.45) is 8.08. The van der Waals surface area contributed by atoms with Crippen molar-refractivity contribution < 1.29 is 66.7 Å². The number of aliphatic hydroxyl groups excluding tert-OH is 1. The Bertz CT molecular complexity index is 3690. The summed E-state index contributed by atoms with van der Waals surface area (Å²) in [7, 11) is -13.1. The number of methoxy groups -OCH3 is 1. The fourth-order valence-electron chi connectivity index (χ4n) is 5.01. The lowest BCUT2D eigenvalue weighted by Gasteiger charge is -2.08. The number of hydrogen-bond acceptors (Lipinski definition) is 21. The highest BCUT2D eigenvalue weighted by Gasteiger charge is 2.18. The number of amides is 1. The first-order valence-corrected chi connectivity index (χ1v) is 25.8. The molecule has 29 nitrogen and oxygen atoms in total. The number of H-pyrrole nitrogens is 2. The Morgan fingerprint density at radius 2 is 1.29 bits per heavy atom. The van der Waals surface area contributed by atoms with Gasteiger partial charge in [0, 0.05) is 19.2 Å². The summed E-state index contributed by atoms with van der Waals surface area (Å²) in [6.45, 7) is 2.74. The summed E-state index contributed by atoms with van der Waals surface area (Å²) in [5.41, 5.74) is 4.42. The molecule has 0 aliphatic rings. The Kier molecular flexibility index (Phi) is 17.9. The fraction of sp³-hybridized carbons (Fsp3) is 0.222. The predicted molar refractivity (Wildman–Crippen MR) is 245 cm³/mol. The number of para-hydroxylation sites is 4. The van der Waals surface area contributed by atoms with Crippen molar-refractivity contribution >= 4 is 86.3 Å². The van der Waals surface area contributed by atoms with E-state index in [4.69, 9.17) is 20.0 Å². The first kappa shape index (κ1) is 55.4. The van der Waals surface area contributed by atoms with Crippen molar-refractivity contribution in [2.75, 3.05) is 32.1 Å². The van der Waals surface area contributed by atoms with Crippen LogP contribution in [0.5, 0.6) is 5.75 Å². The van der Waals surface area contributed by atoms with E-state index in [2.05, 4.69) is 24.1 Å². The van der Waals surface area contributed by atoms with Gasteiger partial charge in [0.25, 0.3) is 5.91 Å². The summed E-state index contributed by atoms with van der Waals surface area (Å²) in [6, 6.07) is 14.2. The van der Waals surface area contributed by atoms with Crippen LogP contribution in [0.1, 0.15) is 29.2 Å². The number of pyridine rings is 1. The smallest absolute Gasteiger partial charge is 0.434 e. The first-order chi connectivity index (χ1) is 31.8. The number of ether oxygens (including phenoxy) is 2. The second kappa shape index (κ2) is 22.3. The molecule has 0 aliphatic carbocycles. The number of hydrogen-bond donors (Lipinski definition) is 4. The molecule has 5 aromatic heterocycles. The average molecular weight is 1050 g/mol. The van der Waals surface area contributed by atoms with E-state index in [-0.39, 0.29) is 34.0 Å². The lowest BCUT2D eigenvalue weighted by molar-refractivity contribution is -0.00164. The highest BCUT2D eigenvalue weighted by atomic mass is 32.2. The van der Waals surface area contributed by atoms with Gasteiger partial charge in [-0.1, -0.05) is 24.3 Å².